The van der Waals surface area contributed by atoms with Crippen LogP contribution in [0.15, 0.2) is 12.2 Å². The molecule has 0 saturated carbocycles. The van der Waals surface area contributed by atoms with Gasteiger partial charge in [-0.3, -0.25) is 18.6 Å². The number of allylic oxidation sites excluding steroid dienone is 2. The molecule has 1 unspecified atom stereocenters. The van der Waals surface area contributed by atoms with E-state index in [9.17, 15) is 19.0 Å². The van der Waals surface area contributed by atoms with Crippen molar-refractivity contribution in [3.63, 3.8) is 0 Å². The second-order valence-corrected chi connectivity index (χ2v) is 18.5. The fourth-order valence-corrected chi connectivity index (χ4v) is 8.16. The smallest absolute Gasteiger partial charge is 0.462 e. The molecule has 2 atom stereocenters. The minimum absolute atomic E-state index is 0.0560. The molecule has 0 aromatic heterocycles. The van der Waals surface area contributed by atoms with E-state index in [1.165, 1.54) is 180 Å². The lowest BCUT2D eigenvalue weighted by Gasteiger charge is -2.19. The molecule has 0 rings (SSSR count). The van der Waals surface area contributed by atoms with Crippen molar-refractivity contribution in [1.82, 2.24) is 0 Å². The SMILES string of the molecule is CCCCCC/C=C/CCCCCCCCCC(=O)OC[C@H](COP(=O)(O)OCCN)OC(=O)CCCCCCCCCCCCCCCCCCCCCCCCC. The van der Waals surface area contributed by atoms with Crippen LogP contribution in [0, 0.1) is 0 Å². The van der Waals surface area contributed by atoms with E-state index in [-0.39, 0.29) is 38.6 Å². The van der Waals surface area contributed by atoms with E-state index < -0.39 is 26.5 Å². The van der Waals surface area contributed by atoms with Gasteiger partial charge in [0, 0.05) is 19.4 Å². The molecule has 59 heavy (non-hydrogen) atoms. The molecule has 0 aliphatic rings. The lowest BCUT2D eigenvalue weighted by Crippen LogP contribution is -2.29. The minimum Gasteiger partial charge on any atom is -0.462 e. The van der Waals surface area contributed by atoms with Crippen molar-refractivity contribution in [3.05, 3.63) is 12.2 Å². The molecule has 0 radical (unpaired) electrons. The molecule has 0 saturated heterocycles. The van der Waals surface area contributed by atoms with Gasteiger partial charge in [-0.1, -0.05) is 219 Å². The van der Waals surface area contributed by atoms with Gasteiger partial charge in [-0.05, 0) is 38.5 Å². The van der Waals surface area contributed by atoms with Crippen molar-refractivity contribution >= 4 is 19.8 Å². The Kier molecular flexibility index (Phi) is 45.3. The first-order valence-corrected chi connectivity index (χ1v) is 26.7. The third-order valence-electron chi connectivity index (χ3n) is 11.2. The van der Waals surface area contributed by atoms with Crippen molar-refractivity contribution in [3.8, 4) is 0 Å². The highest BCUT2D eigenvalue weighted by Crippen LogP contribution is 2.43. The van der Waals surface area contributed by atoms with Crippen molar-refractivity contribution < 1.29 is 37.6 Å². The van der Waals surface area contributed by atoms with Crippen LogP contribution in [0.4, 0.5) is 0 Å². The molecule has 350 valence electrons. The summed E-state index contributed by atoms with van der Waals surface area (Å²) >= 11 is 0. The first-order valence-electron chi connectivity index (χ1n) is 25.2. The van der Waals surface area contributed by atoms with Crippen LogP contribution < -0.4 is 5.73 Å². The van der Waals surface area contributed by atoms with E-state index in [0.717, 1.165) is 44.9 Å². The van der Waals surface area contributed by atoms with E-state index in [4.69, 9.17) is 24.3 Å². The number of hydrogen-bond donors (Lipinski definition) is 2. The Hall–Kier alpha value is -1.25. The summed E-state index contributed by atoms with van der Waals surface area (Å²) in [6.07, 6.45) is 49.7. The quantitative estimate of drug-likeness (QED) is 0.0265. The maximum absolute atomic E-state index is 12.6. The molecule has 0 fully saturated rings. The molecule has 0 amide bonds. The van der Waals surface area contributed by atoms with Crippen LogP contribution in [0.25, 0.3) is 0 Å². The highest BCUT2D eigenvalue weighted by Gasteiger charge is 2.26. The number of ether oxygens (including phenoxy) is 2. The standard InChI is InChI=1S/C49H96NO8P/c1-3-5-7-9-11-13-15-17-19-20-21-22-23-24-25-26-28-30-32-34-36-38-40-42-49(52)58-47(46-57-59(53,54)56-44-43-50)45-55-48(51)41-39-37-35-33-31-29-27-18-16-14-12-10-8-6-4-2/h14,16,47H,3-13,15,17-46,50H2,1-2H3,(H,53,54)/b16-14+/t47-/m1/s1. The number of carbonyl (C=O) groups is 2. The zero-order valence-electron chi connectivity index (χ0n) is 38.8. The zero-order chi connectivity index (χ0) is 43.2. The summed E-state index contributed by atoms with van der Waals surface area (Å²) in [7, 11) is -4.38. The molecule has 3 N–H and O–H groups in total. The molecule has 0 aromatic carbocycles. The van der Waals surface area contributed by atoms with Gasteiger partial charge in [-0.15, -0.1) is 0 Å². The van der Waals surface area contributed by atoms with Crippen molar-refractivity contribution in [2.75, 3.05) is 26.4 Å². The van der Waals surface area contributed by atoms with E-state index in [1.54, 1.807) is 0 Å². The van der Waals surface area contributed by atoms with Gasteiger partial charge in [0.1, 0.15) is 6.61 Å². The highest BCUT2D eigenvalue weighted by atomic mass is 31.2. The fourth-order valence-electron chi connectivity index (χ4n) is 7.40. The first-order chi connectivity index (χ1) is 28.8. The molecule has 10 heteroatoms. The van der Waals surface area contributed by atoms with Gasteiger partial charge >= 0.3 is 19.8 Å². The topological polar surface area (TPSA) is 134 Å². The normalized spacial score (nSPS) is 13.2. The van der Waals surface area contributed by atoms with E-state index in [2.05, 4.69) is 26.0 Å². The molecule has 0 aromatic rings. The number of esters is 2. The second kappa shape index (κ2) is 46.3. The maximum Gasteiger partial charge on any atom is 0.472 e. The number of nitrogens with two attached hydrogens (primary N) is 1. The van der Waals surface area contributed by atoms with Crippen LogP contribution in [-0.2, 0) is 32.7 Å². The molecule has 0 aliphatic heterocycles. The van der Waals surface area contributed by atoms with Crippen LogP contribution in [-0.4, -0.2) is 49.3 Å². The zero-order valence-corrected chi connectivity index (χ0v) is 39.7. The van der Waals surface area contributed by atoms with Crippen molar-refractivity contribution in [2.45, 2.75) is 264 Å². The van der Waals surface area contributed by atoms with Crippen molar-refractivity contribution in [1.29, 1.82) is 0 Å². The van der Waals surface area contributed by atoms with Gasteiger partial charge in [0.25, 0.3) is 0 Å². The Morgan fingerprint density at radius 3 is 1.22 bits per heavy atom. The molecule has 0 spiro atoms. The summed E-state index contributed by atoms with van der Waals surface area (Å²) in [6, 6.07) is 0. The van der Waals surface area contributed by atoms with E-state index in [0.29, 0.717) is 6.42 Å². The van der Waals surface area contributed by atoms with Crippen LogP contribution in [0.5, 0.6) is 0 Å². The maximum atomic E-state index is 12.6. The summed E-state index contributed by atoms with van der Waals surface area (Å²) in [5, 5.41) is 0. The van der Waals surface area contributed by atoms with Crippen LogP contribution in [0.3, 0.4) is 0 Å². The van der Waals surface area contributed by atoms with Gasteiger partial charge in [0.2, 0.25) is 0 Å². The number of unbranched alkanes of at least 4 members (excludes halogenated alkanes) is 33. The summed E-state index contributed by atoms with van der Waals surface area (Å²) in [4.78, 5) is 35.0. The lowest BCUT2D eigenvalue weighted by atomic mass is 10.0. The molecular formula is C49H96NO8P. The van der Waals surface area contributed by atoms with E-state index >= 15 is 0 Å². The predicted octanol–water partition coefficient (Wildman–Crippen LogP) is 15.0. The van der Waals surface area contributed by atoms with Gasteiger partial charge in [0.05, 0.1) is 13.2 Å². The summed E-state index contributed by atoms with van der Waals surface area (Å²) in [5.41, 5.74) is 5.36. The van der Waals surface area contributed by atoms with Gasteiger partial charge in [0.15, 0.2) is 6.10 Å². The van der Waals surface area contributed by atoms with E-state index in [1.807, 2.05) is 0 Å². The lowest BCUT2D eigenvalue weighted by molar-refractivity contribution is -0.161. The minimum atomic E-state index is -4.38. The summed E-state index contributed by atoms with van der Waals surface area (Å²) in [5.74, 6) is -0.818. The van der Waals surface area contributed by atoms with Crippen LogP contribution >= 0.6 is 7.82 Å². The monoisotopic (exact) mass is 858 g/mol. The van der Waals surface area contributed by atoms with Gasteiger partial charge in [-0.2, -0.15) is 0 Å². The molecule has 0 heterocycles. The Morgan fingerprint density at radius 1 is 0.492 bits per heavy atom. The third kappa shape index (κ3) is 46.1. The second-order valence-electron chi connectivity index (χ2n) is 17.0. The number of phosphoric acid groups is 1. The highest BCUT2D eigenvalue weighted by molar-refractivity contribution is 7.47. The molecule has 9 nitrogen and oxygen atoms in total. The van der Waals surface area contributed by atoms with Gasteiger partial charge in [-0.25, -0.2) is 4.57 Å². The van der Waals surface area contributed by atoms with Crippen LogP contribution in [0.1, 0.15) is 258 Å². The number of hydrogen-bond acceptors (Lipinski definition) is 8. The predicted molar refractivity (Wildman–Crippen MR) is 248 cm³/mol. The Morgan fingerprint density at radius 2 is 0.831 bits per heavy atom. The summed E-state index contributed by atoms with van der Waals surface area (Å²) in [6.45, 7) is 3.77. The Balaban J connectivity index is 3.99. The average molecular weight is 858 g/mol. The van der Waals surface area contributed by atoms with Gasteiger partial charge < -0.3 is 20.1 Å². The largest absolute Gasteiger partial charge is 0.472 e. The molecule has 0 aliphatic carbocycles. The Labute approximate surface area is 364 Å². The van der Waals surface area contributed by atoms with Crippen LogP contribution in [0.2, 0.25) is 0 Å². The number of carbonyl (C=O) groups excluding carboxylic acids is 2. The average Bonchev–Trinajstić information content (AvgIpc) is 3.22. The molecule has 0 bridgehead atoms. The summed E-state index contributed by atoms with van der Waals surface area (Å²) < 4.78 is 32.9. The third-order valence-corrected chi connectivity index (χ3v) is 12.1. The molecular weight excluding hydrogens is 762 g/mol. The fraction of sp³-hybridized carbons (Fsp3) is 0.918. The van der Waals surface area contributed by atoms with Crippen molar-refractivity contribution in [2.24, 2.45) is 5.73 Å². The number of phosphoric ester groups is 1. The Bertz CT molecular complexity index is 980. The first kappa shape index (κ1) is 57.8. The number of rotatable bonds is 48.